The molecule has 0 spiro atoms. The Labute approximate surface area is 136 Å². The van der Waals surface area contributed by atoms with E-state index in [2.05, 4.69) is 31.9 Å². The molecule has 0 fully saturated rings. The maximum Gasteiger partial charge on any atom is 0.0881 e. The molecule has 2 unspecified atom stereocenters. The van der Waals surface area contributed by atoms with Crippen molar-refractivity contribution in [1.29, 1.82) is 0 Å². The summed E-state index contributed by atoms with van der Waals surface area (Å²) in [4.78, 5) is 0. The lowest BCUT2D eigenvalue weighted by molar-refractivity contribution is 0.146. The van der Waals surface area contributed by atoms with Crippen LogP contribution in [0.3, 0.4) is 0 Å². The quantitative estimate of drug-likeness (QED) is 0.806. The molecule has 3 N–H and O–H groups in total. The van der Waals surface area contributed by atoms with Crippen LogP contribution >= 0.6 is 31.9 Å². The summed E-state index contributed by atoms with van der Waals surface area (Å²) in [6.45, 7) is 2.40. The fraction of sp³-hybridized carbons (Fsp3) is 0.250. The number of aryl methyl sites for hydroxylation is 1. The van der Waals surface area contributed by atoms with Gasteiger partial charge in [-0.1, -0.05) is 62.2 Å². The molecule has 0 aromatic heterocycles. The fourth-order valence-electron chi connectivity index (χ4n) is 2.27. The number of benzene rings is 2. The van der Waals surface area contributed by atoms with Gasteiger partial charge in [0.15, 0.2) is 0 Å². The molecule has 4 heteroatoms. The van der Waals surface area contributed by atoms with E-state index in [1.54, 1.807) is 0 Å². The Bertz CT molecular complexity index is 584. The number of nitrogens with two attached hydrogens (primary N) is 1. The molecule has 20 heavy (non-hydrogen) atoms. The molecule has 0 radical (unpaired) electrons. The zero-order valence-electron chi connectivity index (χ0n) is 11.2. The van der Waals surface area contributed by atoms with E-state index in [1.807, 2.05) is 49.4 Å². The predicted molar refractivity (Wildman–Crippen MR) is 89.8 cm³/mol. The Morgan fingerprint density at radius 1 is 1.10 bits per heavy atom. The van der Waals surface area contributed by atoms with Gasteiger partial charge in [-0.05, 0) is 35.7 Å². The van der Waals surface area contributed by atoms with Gasteiger partial charge >= 0.3 is 0 Å². The molecule has 2 aromatic carbocycles. The van der Waals surface area contributed by atoms with Crippen LogP contribution in [-0.2, 0) is 0 Å². The van der Waals surface area contributed by atoms with Crippen molar-refractivity contribution in [3.63, 3.8) is 0 Å². The van der Waals surface area contributed by atoms with Crippen molar-refractivity contribution in [2.45, 2.75) is 18.9 Å². The van der Waals surface area contributed by atoms with Crippen molar-refractivity contribution >= 4 is 31.9 Å². The summed E-state index contributed by atoms with van der Waals surface area (Å²) in [5.74, 6) is -0.124. The molecule has 0 saturated heterocycles. The van der Waals surface area contributed by atoms with Crippen LogP contribution in [-0.4, -0.2) is 11.7 Å². The normalized spacial score (nSPS) is 14.1. The molecule has 2 aromatic rings. The van der Waals surface area contributed by atoms with E-state index in [1.165, 1.54) is 0 Å². The zero-order chi connectivity index (χ0) is 14.7. The van der Waals surface area contributed by atoms with Gasteiger partial charge in [-0.3, -0.25) is 0 Å². The molecule has 0 aliphatic carbocycles. The van der Waals surface area contributed by atoms with Crippen LogP contribution in [0.1, 0.15) is 28.7 Å². The molecular formula is C16H17Br2NO. The lowest BCUT2D eigenvalue weighted by atomic mass is 9.89. The Balaban J connectivity index is 2.36. The van der Waals surface area contributed by atoms with E-state index in [4.69, 9.17) is 5.73 Å². The van der Waals surface area contributed by atoms with Gasteiger partial charge in [-0.15, -0.1) is 0 Å². The average Bonchev–Trinajstić information content (AvgIpc) is 2.44. The van der Waals surface area contributed by atoms with Gasteiger partial charge in [-0.25, -0.2) is 0 Å². The number of halogens is 2. The highest BCUT2D eigenvalue weighted by Gasteiger charge is 2.23. The molecule has 0 aliphatic rings. The van der Waals surface area contributed by atoms with Gasteiger partial charge in [0.1, 0.15) is 0 Å². The Morgan fingerprint density at radius 2 is 1.75 bits per heavy atom. The maximum atomic E-state index is 10.7. The summed E-state index contributed by atoms with van der Waals surface area (Å²) in [7, 11) is 0. The van der Waals surface area contributed by atoms with Gasteiger partial charge in [0.2, 0.25) is 0 Å². The van der Waals surface area contributed by atoms with Crippen LogP contribution in [0, 0.1) is 6.92 Å². The highest BCUT2D eigenvalue weighted by molar-refractivity contribution is 9.10. The molecule has 0 amide bonds. The second kappa shape index (κ2) is 6.85. The Hall–Kier alpha value is -0.680. The summed E-state index contributed by atoms with van der Waals surface area (Å²) >= 11 is 6.97. The van der Waals surface area contributed by atoms with E-state index in [0.717, 1.165) is 25.6 Å². The molecule has 2 rings (SSSR count). The third kappa shape index (κ3) is 3.31. The number of hydrogen-bond donors (Lipinski definition) is 2. The summed E-state index contributed by atoms with van der Waals surface area (Å²) in [6, 6.07) is 13.8. The van der Waals surface area contributed by atoms with Crippen molar-refractivity contribution in [2.24, 2.45) is 5.73 Å². The van der Waals surface area contributed by atoms with Crippen LogP contribution in [0.4, 0.5) is 0 Å². The minimum Gasteiger partial charge on any atom is -0.388 e. The SMILES string of the molecule is Cc1cccc(C(O)C(CN)c2ccc(Br)cc2)c1Br. The first-order valence-corrected chi connectivity index (χ1v) is 8.01. The number of aliphatic hydroxyl groups is 1. The van der Waals surface area contributed by atoms with Gasteiger partial charge in [-0.2, -0.15) is 0 Å². The molecule has 2 nitrogen and oxygen atoms in total. The first kappa shape index (κ1) is 15.7. The van der Waals surface area contributed by atoms with E-state index in [0.29, 0.717) is 6.54 Å². The van der Waals surface area contributed by atoms with E-state index >= 15 is 0 Å². The van der Waals surface area contributed by atoms with Crippen molar-refractivity contribution in [1.82, 2.24) is 0 Å². The van der Waals surface area contributed by atoms with Gasteiger partial charge in [0.05, 0.1) is 6.10 Å². The van der Waals surface area contributed by atoms with E-state index in [-0.39, 0.29) is 5.92 Å². The molecule has 106 valence electrons. The van der Waals surface area contributed by atoms with Crippen molar-refractivity contribution in [2.75, 3.05) is 6.54 Å². The maximum absolute atomic E-state index is 10.7. The Morgan fingerprint density at radius 3 is 2.35 bits per heavy atom. The van der Waals surface area contributed by atoms with Crippen LogP contribution < -0.4 is 5.73 Å². The highest BCUT2D eigenvalue weighted by atomic mass is 79.9. The predicted octanol–water partition coefficient (Wildman–Crippen LogP) is 4.30. The molecule has 0 heterocycles. The number of rotatable bonds is 4. The van der Waals surface area contributed by atoms with Gasteiger partial charge in [0.25, 0.3) is 0 Å². The molecule has 0 saturated carbocycles. The lowest BCUT2D eigenvalue weighted by Gasteiger charge is -2.24. The zero-order valence-corrected chi connectivity index (χ0v) is 14.4. The fourth-order valence-corrected chi connectivity index (χ4v) is 3.04. The monoisotopic (exact) mass is 397 g/mol. The van der Waals surface area contributed by atoms with Crippen molar-refractivity contribution < 1.29 is 5.11 Å². The summed E-state index contributed by atoms with van der Waals surface area (Å²) in [5, 5.41) is 10.7. The largest absolute Gasteiger partial charge is 0.388 e. The van der Waals surface area contributed by atoms with Crippen LogP contribution in [0.5, 0.6) is 0 Å². The number of hydrogen-bond acceptors (Lipinski definition) is 2. The highest BCUT2D eigenvalue weighted by Crippen LogP contribution is 2.35. The Kier molecular flexibility index (Phi) is 5.38. The first-order chi connectivity index (χ1) is 9.54. The lowest BCUT2D eigenvalue weighted by Crippen LogP contribution is -2.20. The standard InChI is InChI=1S/C16H17Br2NO/c1-10-3-2-4-13(15(10)18)16(20)14(9-19)11-5-7-12(17)8-6-11/h2-8,14,16,20H,9,19H2,1H3. The molecule has 0 bridgehead atoms. The van der Waals surface area contributed by atoms with Gasteiger partial charge in [0, 0.05) is 21.4 Å². The van der Waals surface area contributed by atoms with Crippen molar-refractivity contribution in [3.05, 3.63) is 68.1 Å². The third-order valence-corrected chi connectivity index (χ3v) is 5.09. The number of aliphatic hydroxyl groups excluding tert-OH is 1. The van der Waals surface area contributed by atoms with Crippen LogP contribution in [0.15, 0.2) is 51.4 Å². The van der Waals surface area contributed by atoms with E-state index < -0.39 is 6.10 Å². The summed E-state index contributed by atoms with van der Waals surface area (Å²) in [6.07, 6.45) is -0.629. The van der Waals surface area contributed by atoms with Crippen LogP contribution in [0.25, 0.3) is 0 Å². The van der Waals surface area contributed by atoms with E-state index in [9.17, 15) is 5.11 Å². The molecule has 0 aliphatic heterocycles. The second-order valence-corrected chi connectivity index (χ2v) is 6.53. The smallest absolute Gasteiger partial charge is 0.0881 e. The first-order valence-electron chi connectivity index (χ1n) is 6.43. The third-order valence-electron chi connectivity index (χ3n) is 3.47. The van der Waals surface area contributed by atoms with Crippen molar-refractivity contribution in [3.8, 4) is 0 Å². The average molecular weight is 399 g/mol. The molecule has 2 atom stereocenters. The minimum absolute atomic E-state index is 0.124. The van der Waals surface area contributed by atoms with Crippen LogP contribution in [0.2, 0.25) is 0 Å². The minimum atomic E-state index is -0.629. The summed E-state index contributed by atoms with van der Waals surface area (Å²) < 4.78 is 1.96. The molecular weight excluding hydrogens is 382 g/mol. The summed E-state index contributed by atoms with van der Waals surface area (Å²) in [5.41, 5.74) is 8.90. The van der Waals surface area contributed by atoms with Gasteiger partial charge < -0.3 is 10.8 Å². The topological polar surface area (TPSA) is 46.2 Å². The second-order valence-electron chi connectivity index (χ2n) is 4.82.